The molecule has 7 nitrogen and oxygen atoms in total. The van der Waals surface area contributed by atoms with Gasteiger partial charge in [-0.2, -0.15) is 10.2 Å². The Balaban J connectivity index is 1.57. The van der Waals surface area contributed by atoms with Gasteiger partial charge in [-0.15, -0.1) is 0 Å². The Kier molecular flexibility index (Phi) is 6.37. The molecule has 3 rings (SSSR count). The Morgan fingerprint density at radius 2 is 1.69 bits per heavy atom. The van der Waals surface area contributed by atoms with Crippen LogP contribution in [0.4, 0.5) is 11.8 Å². The van der Waals surface area contributed by atoms with Crippen LogP contribution in [-0.4, -0.2) is 23.2 Å². The third-order valence-corrected chi connectivity index (χ3v) is 4.40. The first-order valence-electron chi connectivity index (χ1n) is 8.93. The van der Waals surface area contributed by atoms with Crippen LogP contribution < -0.4 is 20.9 Å². The summed E-state index contributed by atoms with van der Waals surface area (Å²) in [4.78, 5) is 7.91. The van der Waals surface area contributed by atoms with Gasteiger partial charge in [0.1, 0.15) is 11.8 Å². The number of nitrogens with two attached hydrogens (primary N) is 2. The van der Waals surface area contributed by atoms with Crippen LogP contribution >= 0.6 is 11.6 Å². The predicted octanol–water partition coefficient (Wildman–Crippen LogP) is 3.99. The second-order valence-electron chi connectivity index (χ2n) is 6.26. The minimum Gasteiger partial charge on any atom is -0.492 e. The minimum atomic E-state index is 0.113. The standard InChI is InChI=1S/C21H20ClN5O2/c1-13-19(20(24)27-21(25)26-13)29-10-2-9-28-18-8-5-15(11-16(18)12-23)14-3-6-17(22)7-4-14/h3-8,11H,2,9-10H2,1H3,(H4,24,25,26,27). The maximum absolute atomic E-state index is 9.45. The highest BCUT2D eigenvalue weighted by Crippen LogP contribution is 2.28. The van der Waals surface area contributed by atoms with Crippen molar-refractivity contribution in [2.45, 2.75) is 13.3 Å². The summed E-state index contributed by atoms with van der Waals surface area (Å²) in [6, 6.07) is 15.1. The number of anilines is 2. The molecule has 0 saturated heterocycles. The monoisotopic (exact) mass is 409 g/mol. The number of rotatable bonds is 7. The van der Waals surface area contributed by atoms with E-state index in [9.17, 15) is 5.26 Å². The van der Waals surface area contributed by atoms with E-state index in [2.05, 4.69) is 16.0 Å². The average Bonchev–Trinajstić information content (AvgIpc) is 2.70. The smallest absolute Gasteiger partial charge is 0.222 e. The number of nitriles is 1. The number of ether oxygens (including phenoxy) is 2. The molecule has 148 valence electrons. The molecule has 8 heteroatoms. The largest absolute Gasteiger partial charge is 0.492 e. The van der Waals surface area contributed by atoms with Crippen LogP contribution in [0.1, 0.15) is 17.7 Å². The molecule has 0 amide bonds. The molecule has 2 aromatic carbocycles. The molecule has 1 aromatic heterocycles. The lowest BCUT2D eigenvalue weighted by atomic mass is 10.0. The van der Waals surface area contributed by atoms with Crippen molar-refractivity contribution in [1.82, 2.24) is 9.97 Å². The number of halogens is 1. The molecule has 0 aliphatic carbocycles. The van der Waals surface area contributed by atoms with Crippen LogP contribution in [-0.2, 0) is 0 Å². The van der Waals surface area contributed by atoms with Crippen LogP contribution in [0.25, 0.3) is 11.1 Å². The maximum Gasteiger partial charge on any atom is 0.222 e. The molecule has 29 heavy (non-hydrogen) atoms. The topological polar surface area (TPSA) is 120 Å². The quantitative estimate of drug-likeness (QED) is 0.566. The van der Waals surface area contributed by atoms with Crippen molar-refractivity contribution < 1.29 is 9.47 Å². The SMILES string of the molecule is Cc1nc(N)nc(N)c1OCCCOc1ccc(-c2ccc(Cl)cc2)cc1C#N. The molecule has 4 N–H and O–H groups in total. The number of hydrogen-bond acceptors (Lipinski definition) is 7. The highest BCUT2D eigenvalue weighted by molar-refractivity contribution is 6.30. The lowest BCUT2D eigenvalue weighted by Crippen LogP contribution is -2.10. The minimum absolute atomic E-state index is 0.113. The van der Waals surface area contributed by atoms with Crippen LogP contribution in [0.5, 0.6) is 11.5 Å². The van der Waals surface area contributed by atoms with Crippen molar-refractivity contribution in [3.8, 4) is 28.7 Å². The van der Waals surface area contributed by atoms with Crippen molar-refractivity contribution in [3.63, 3.8) is 0 Å². The van der Waals surface area contributed by atoms with Gasteiger partial charge in [-0.3, -0.25) is 0 Å². The van der Waals surface area contributed by atoms with E-state index < -0.39 is 0 Å². The Hall–Kier alpha value is -3.50. The highest BCUT2D eigenvalue weighted by Gasteiger charge is 2.10. The number of aryl methyl sites for hydroxylation is 1. The Morgan fingerprint density at radius 3 is 2.38 bits per heavy atom. The third-order valence-electron chi connectivity index (χ3n) is 4.15. The summed E-state index contributed by atoms with van der Waals surface area (Å²) >= 11 is 5.93. The van der Waals surface area contributed by atoms with Crippen molar-refractivity contribution in [2.24, 2.45) is 0 Å². The van der Waals surface area contributed by atoms with Gasteiger partial charge in [0.15, 0.2) is 11.6 Å². The van der Waals surface area contributed by atoms with Gasteiger partial charge in [-0.25, -0.2) is 4.98 Å². The number of hydrogen-bond donors (Lipinski definition) is 2. The van der Waals surface area contributed by atoms with Crippen molar-refractivity contribution in [2.75, 3.05) is 24.7 Å². The Labute approximate surface area is 173 Å². The van der Waals surface area contributed by atoms with E-state index >= 15 is 0 Å². The van der Waals surface area contributed by atoms with Crippen molar-refractivity contribution in [3.05, 3.63) is 58.7 Å². The summed E-state index contributed by atoms with van der Waals surface area (Å²) < 4.78 is 11.4. The fraction of sp³-hybridized carbons (Fsp3) is 0.190. The molecule has 0 radical (unpaired) electrons. The fourth-order valence-electron chi connectivity index (χ4n) is 2.77. The molecule has 0 saturated carbocycles. The van der Waals surface area contributed by atoms with E-state index in [1.54, 1.807) is 19.1 Å². The summed E-state index contributed by atoms with van der Waals surface area (Å²) in [5.41, 5.74) is 14.3. The molecule has 0 bridgehead atoms. The molecule has 1 heterocycles. The first-order chi connectivity index (χ1) is 14.0. The zero-order valence-corrected chi connectivity index (χ0v) is 16.6. The van der Waals surface area contributed by atoms with Gasteiger partial charge in [-0.05, 0) is 42.3 Å². The van der Waals surface area contributed by atoms with Gasteiger partial charge in [0.05, 0.1) is 24.5 Å². The molecule has 0 aliphatic heterocycles. The number of nitrogens with zero attached hydrogens (tertiary/aromatic N) is 3. The van der Waals surface area contributed by atoms with Crippen LogP contribution in [0.15, 0.2) is 42.5 Å². The highest BCUT2D eigenvalue weighted by atomic mass is 35.5. The summed E-state index contributed by atoms with van der Waals surface area (Å²) in [5, 5.41) is 10.1. The zero-order valence-electron chi connectivity index (χ0n) is 15.9. The second-order valence-corrected chi connectivity index (χ2v) is 6.70. The lowest BCUT2D eigenvalue weighted by Gasteiger charge is -2.12. The summed E-state index contributed by atoms with van der Waals surface area (Å²) in [6.45, 7) is 2.49. The Bertz CT molecular complexity index is 1020. The third kappa shape index (κ3) is 5.06. The summed E-state index contributed by atoms with van der Waals surface area (Å²) in [6.07, 6.45) is 0.590. The molecule has 0 fully saturated rings. The molecule has 0 atom stereocenters. The van der Waals surface area contributed by atoms with Crippen molar-refractivity contribution >= 4 is 23.4 Å². The van der Waals surface area contributed by atoms with Gasteiger partial charge < -0.3 is 20.9 Å². The number of aromatic nitrogens is 2. The van der Waals surface area contributed by atoms with Crippen LogP contribution in [0, 0.1) is 18.3 Å². The Morgan fingerprint density at radius 1 is 1.00 bits per heavy atom. The normalized spacial score (nSPS) is 10.4. The van der Waals surface area contributed by atoms with Gasteiger partial charge in [0.25, 0.3) is 0 Å². The maximum atomic E-state index is 9.45. The summed E-state index contributed by atoms with van der Waals surface area (Å²) in [7, 11) is 0. The number of benzene rings is 2. The van der Waals surface area contributed by atoms with E-state index in [1.165, 1.54) is 0 Å². The average molecular weight is 410 g/mol. The van der Waals surface area contributed by atoms with E-state index in [0.29, 0.717) is 47.4 Å². The molecule has 0 spiro atoms. The van der Waals surface area contributed by atoms with Gasteiger partial charge in [0, 0.05) is 11.4 Å². The predicted molar refractivity (Wildman–Crippen MR) is 113 cm³/mol. The van der Waals surface area contributed by atoms with E-state index in [0.717, 1.165) is 11.1 Å². The molecule has 3 aromatic rings. The van der Waals surface area contributed by atoms with Gasteiger partial charge in [0.2, 0.25) is 5.95 Å². The molecular formula is C21H20ClN5O2. The van der Waals surface area contributed by atoms with Gasteiger partial charge in [-0.1, -0.05) is 29.8 Å². The van der Waals surface area contributed by atoms with Gasteiger partial charge >= 0.3 is 0 Å². The van der Waals surface area contributed by atoms with Crippen LogP contribution in [0.2, 0.25) is 5.02 Å². The van der Waals surface area contributed by atoms with Crippen LogP contribution in [0.3, 0.4) is 0 Å². The summed E-state index contributed by atoms with van der Waals surface area (Å²) in [5.74, 6) is 1.27. The van der Waals surface area contributed by atoms with E-state index in [-0.39, 0.29) is 11.8 Å². The van der Waals surface area contributed by atoms with Crippen molar-refractivity contribution in [1.29, 1.82) is 5.26 Å². The fourth-order valence-corrected chi connectivity index (χ4v) is 2.89. The lowest BCUT2D eigenvalue weighted by molar-refractivity contribution is 0.246. The zero-order chi connectivity index (χ0) is 20.8. The number of nitrogen functional groups attached to an aromatic ring is 2. The molecule has 0 aliphatic rings. The second kappa shape index (κ2) is 9.13. The first kappa shape index (κ1) is 20.2. The molecule has 0 unspecified atom stereocenters. The van der Waals surface area contributed by atoms with E-state index in [4.69, 9.17) is 32.5 Å². The first-order valence-corrected chi connectivity index (χ1v) is 9.31. The van der Waals surface area contributed by atoms with E-state index in [1.807, 2.05) is 30.3 Å². The molecular weight excluding hydrogens is 390 g/mol.